The third-order valence-corrected chi connectivity index (χ3v) is 2.14. The summed E-state index contributed by atoms with van der Waals surface area (Å²) in [4.78, 5) is 0. The van der Waals surface area contributed by atoms with Crippen LogP contribution < -0.4 is 10.5 Å². The minimum Gasteiger partial charge on any atom is -0.488 e. The molecule has 1 aliphatic heterocycles. The molecule has 0 unspecified atom stereocenters. The maximum absolute atomic E-state index is 13.1. The van der Waals surface area contributed by atoms with Crippen molar-refractivity contribution in [2.24, 2.45) is 5.73 Å². The van der Waals surface area contributed by atoms with E-state index in [-0.39, 0.29) is 11.9 Å². The summed E-state index contributed by atoms with van der Waals surface area (Å²) in [7, 11) is 0. The fourth-order valence-electron chi connectivity index (χ4n) is 1.54. The number of nitrogens with two attached hydrogens (primary N) is 1. The molecule has 0 saturated carbocycles. The number of ether oxygens (including phenoxy) is 1. The summed E-state index contributed by atoms with van der Waals surface area (Å²) in [6, 6.07) is 2.96. The van der Waals surface area contributed by atoms with Crippen molar-refractivity contribution in [3.05, 3.63) is 29.1 Å². The van der Waals surface area contributed by atoms with Gasteiger partial charge in [-0.15, -0.1) is 0 Å². The second-order valence-electron chi connectivity index (χ2n) is 3.02. The van der Waals surface area contributed by atoms with Crippen molar-refractivity contribution >= 4 is 0 Å². The molecule has 1 atom stereocenters. The Morgan fingerprint density at radius 2 is 2.33 bits per heavy atom. The van der Waals surface area contributed by atoms with Gasteiger partial charge in [0.05, 0.1) is 6.04 Å². The second kappa shape index (κ2) is 2.45. The Balaban J connectivity index is 2.64. The third-order valence-electron chi connectivity index (χ3n) is 2.14. The van der Waals surface area contributed by atoms with E-state index in [4.69, 9.17) is 10.5 Å². The van der Waals surface area contributed by atoms with Crippen LogP contribution >= 0.6 is 0 Å². The van der Waals surface area contributed by atoms with E-state index >= 15 is 0 Å². The van der Waals surface area contributed by atoms with Gasteiger partial charge in [-0.3, -0.25) is 0 Å². The highest BCUT2D eigenvalue weighted by atomic mass is 19.1. The van der Waals surface area contributed by atoms with Crippen molar-refractivity contribution in [2.45, 2.75) is 13.0 Å². The molecule has 0 bridgehead atoms. The molecule has 64 valence electrons. The summed E-state index contributed by atoms with van der Waals surface area (Å²) >= 11 is 0. The quantitative estimate of drug-likeness (QED) is 0.636. The van der Waals surface area contributed by atoms with Crippen molar-refractivity contribution in [1.29, 1.82) is 0 Å². The summed E-state index contributed by atoms with van der Waals surface area (Å²) < 4.78 is 18.2. The van der Waals surface area contributed by atoms with Crippen LogP contribution in [0.15, 0.2) is 12.1 Å². The van der Waals surface area contributed by atoms with E-state index in [0.717, 1.165) is 11.1 Å². The first-order chi connectivity index (χ1) is 5.70. The predicted octanol–water partition coefficient (Wildman–Crippen LogP) is 1.53. The van der Waals surface area contributed by atoms with Crippen LogP contribution in [0.3, 0.4) is 0 Å². The Morgan fingerprint density at radius 1 is 1.58 bits per heavy atom. The Hall–Kier alpha value is -1.09. The Labute approximate surface area is 70.1 Å². The summed E-state index contributed by atoms with van der Waals surface area (Å²) in [5.74, 6) is 0.0195. The lowest BCUT2D eigenvalue weighted by molar-refractivity contribution is 0.319. The van der Waals surface area contributed by atoms with Gasteiger partial charge in [0.2, 0.25) is 0 Å². The fourth-order valence-corrected chi connectivity index (χ4v) is 1.54. The average molecular weight is 167 g/mol. The maximum Gasteiger partial charge on any atom is 0.165 e. The van der Waals surface area contributed by atoms with Crippen LogP contribution in [0, 0.1) is 12.7 Å². The van der Waals surface area contributed by atoms with E-state index in [9.17, 15) is 4.39 Å². The van der Waals surface area contributed by atoms with E-state index in [1.165, 1.54) is 6.07 Å². The molecule has 0 aliphatic carbocycles. The molecular weight excluding hydrogens is 157 g/mol. The summed E-state index contributed by atoms with van der Waals surface area (Å²) in [5.41, 5.74) is 7.54. The molecule has 1 aliphatic rings. The second-order valence-corrected chi connectivity index (χ2v) is 3.02. The van der Waals surface area contributed by atoms with Crippen LogP contribution in [0.25, 0.3) is 0 Å². The maximum atomic E-state index is 13.1. The van der Waals surface area contributed by atoms with Gasteiger partial charge in [-0.05, 0) is 18.6 Å². The lowest BCUT2D eigenvalue weighted by atomic mass is 10.0. The smallest absolute Gasteiger partial charge is 0.165 e. The first-order valence-electron chi connectivity index (χ1n) is 3.87. The van der Waals surface area contributed by atoms with Crippen molar-refractivity contribution in [3.63, 3.8) is 0 Å². The first kappa shape index (κ1) is 7.55. The lowest BCUT2D eigenvalue weighted by Gasteiger charge is -2.04. The molecule has 3 heteroatoms. The molecule has 0 spiro atoms. The van der Waals surface area contributed by atoms with Gasteiger partial charge < -0.3 is 10.5 Å². The van der Waals surface area contributed by atoms with Gasteiger partial charge >= 0.3 is 0 Å². The van der Waals surface area contributed by atoms with E-state index < -0.39 is 0 Å². The molecule has 0 radical (unpaired) electrons. The molecular formula is C9H10FNO. The van der Waals surface area contributed by atoms with Crippen LogP contribution in [-0.4, -0.2) is 6.61 Å². The van der Waals surface area contributed by atoms with Gasteiger partial charge in [0.15, 0.2) is 11.6 Å². The molecule has 1 heterocycles. The molecule has 1 aromatic rings. The lowest BCUT2D eigenvalue weighted by Crippen LogP contribution is -2.11. The van der Waals surface area contributed by atoms with Crippen LogP contribution in [0.4, 0.5) is 4.39 Å². The van der Waals surface area contributed by atoms with Crippen LogP contribution in [0.2, 0.25) is 0 Å². The Morgan fingerprint density at radius 3 is 3.00 bits per heavy atom. The number of aryl methyl sites for hydroxylation is 1. The molecule has 12 heavy (non-hydrogen) atoms. The monoisotopic (exact) mass is 167 g/mol. The van der Waals surface area contributed by atoms with Gasteiger partial charge in [0, 0.05) is 5.56 Å². The fraction of sp³-hybridized carbons (Fsp3) is 0.333. The Bertz CT molecular complexity index is 325. The SMILES string of the molecule is Cc1ccc(F)c2c1[C@@H](N)CO2. The van der Waals surface area contributed by atoms with Crippen LogP contribution in [-0.2, 0) is 0 Å². The van der Waals surface area contributed by atoms with Crippen molar-refractivity contribution < 1.29 is 9.13 Å². The zero-order valence-electron chi connectivity index (χ0n) is 6.80. The van der Waals surface area contributed by atoms with Crippen molar-refractivity contribution in [1.82, 2.24) is 0 Å². The number of fused-ring (bicyclic) bond motifs is 1. The molecule has 2 nitrogen and oxygen atoms in total. The van der Waals surface area contributed by atoms with Crippen molar-refractivity contribution in [3.8, 4) is 5.75 Å². The normalized spacial score (nSPS) is 20.4. The third kappa shape index (κ3) is 0.898. The van der Waals surface area contributed by atoms with Crippen LogP contribution in [0.5, 0.6) is 5.75 Å². The summed E-state index contributed by atoms with van der Waals surface area (Å²) in [5, 5.41) is 0. The van der Waals surface area contributed by atoms with E-state index in [1.54, 1.807) is 6.07 Å². The van der Waals surface area contributed by atoms with Gasteiger partial charge in [-0.1, -0.05) is 6.07 Å². The first-order valence-corrected chi connectivity index (χ1v) is 3.87. The summed E-state index contributed by atoms with van der Waals surface area (Å²) in [6.07, 6.45) is 0. The zero-order chi connectivity index (χ0) is 8.72. The zero-order valence-corrected chi connectivity index (χ0v) is 6.80. The van der Waals surface area contributed by atoms with Gasteiger partial charge in [0.25, 0.3) is 0 Å². The number of hydrogen-bond acceptors (Lipinski definition) is 2. The summed E-state index contributed by atoms with van der Waals surface area (Å²) in [6.45, 7) is 2.30. The number of halogens is 1. The number of hydrogen-bond donors (Lipinski definition) is 1. The minimum atomic E-state index is -0.316. The number of rotatable bonds is 0. The molecule has 0 saturated heterocycles. The topological polar surface area (TPSA) is 35.2 Å². The molecule has 0 fully saturated rings. The van der Waals surface area contributed by atoms with E-state index in [2.05, 4.69) is 0 Å². The highest BCUT2D eigenvalue weighted by Crippen LogP contribution is 2.35. The van der Waals surface area contributed by atoms with Crippen LogP contribution in [0.1, 0.15) is 17.2 Å². The van der Waals surface area contributed by atoms with Crippen molar-refractivity contribution in [2.75, 3.05) is 6.61 Å². The predicted molar refractivity (Wildman–Crippen MR) is 43.6 cm³/mol. The van der Waals surface area contributed by atoms with Gasteiger partial charge in [-0.25, -0.2) is 4.39 Å². The standard InChI is InChI=1S/C9H10FNO/c1-5-2-3-6(10)9-8(5)7(11)4-12-9/h2-3,7H,4,11H2,1H3/t7-/m0/s1. The Kier molecular flexibility index (Phi) is 1.54. The molecule has 2 rings (SSSR count). The molecule has 1 aromatic carbocycles. The van der Waals surface area contributed by atoms with Gasteiger partial charge in [0.1, 0.15) is 6.61 Å². The largest absolute Gasteiger partial charge is 0.488 e. The minimum absolute atomic E-state index is 0.171. The average Bonchev–Trinajstić information content (AvgIpc) is 2.42. The highest BCUT2D eigenvalue weighted by Gasteiger charge is 2.25. The van der Waals surface area contributed by atoms with E-state index in [1.807, 2.05) is 6.92 Å². The highest BCUT2D eigenvalue weighted by molar-refractivity contribution is 5.45. The molecule has 0 amide bonds. The molecule has 2 N–H and O–H groups in total. The van der Waals surface area contributed by atoms with Gasteiger partial charge in [-0.2, -0.15) is 0 Å². The number of benzene rings is 1. The van der Waals surface area contributed by atoms with E-state index in [0.29, 0.717) is 12.4 Å². The molecule has 0 aromatic heterocycles.